The standard InChI is InChI=1S/C16H16F3N3O/c17-16(18,19)11-4-2-5-12(8-11)20-9-15(23)22-21-14-7-10-3-1-6-13(10)14/h1-2,4-6,8,10,13,20H,3,7,9H2,(H,22,23)/b21-14-/t10-,13-/m0/s1. The van der Waals surface area contributed by atoms with Crippen molar-refractivity contribution >= 4 is 17.3 Å². The summed E-state index contributed by atoms with van der Waals surface area (Å²) in [4.78, 5) is 11.7. The average molecular weight is 323 g/mol. The van der Waals surface area contributed by atoms with Crippen LogP contribution >= 0.6 is 0 Å². The Morgan fingerprint density at radius 1 is 1.35 bits per heavy atom. The molecule has 122 valence electrons. The number of hydrogen-bond donors (Lipinski definition) is 2. The SMILES string of the molecule is O=C(CNc1cccc(C(F)(F)F)c1)N/N=C1/C[C@@H]2CC=C[C@H]12. The Hall–Kier alpha value is -2.31. The second kappa shape index (κ2) is 6.06. The Kier molecular flexibility index (Phi) is 4.11. The van der Waals surface area contributed by atoms with Gasteiger partial charge in [-0.25, -0.2) is 5.43 Å². The van der Waals surface area contributed by atoms with Crippen molar-refractivity contribution in [2.45, 2.75) is 19.0 Å². The maximum atomic E-state index is 12.6. The zero-order chi connectivity index (χ0) is 16.4. The van der Waals surface area contributed by atoms with E-state index in [0.717, 1.165) is 30.7 Å². The first-order chi connectivity index (χ1) is 10.9. The highest BCUT2D eigenvalue weighted by atomic mass is 19.4. The molecular formula is C16H16F3N3O. The minimum absolute atomic E-state index is 0.137. The van der Waals surface area contributed by atoms with E-state index in [1.807, 2.05) is 0 Å². The van der Waals surface area contributed by atoms with E-state index in [2.05, 4.69) is 28.0 Å². The molecule has 0 spiro atoms. The Labute approximate surface area is 131 Å². The molecule has 1 aromatic rings. The molecule has 4 nitrogen and oxygen atoms in total. The van der Waals surface area contributed by atoms with E-state index < -0.39 is 11.7 Å². The van der Waals surface area contributed by atoms with E-state index in [1.54, 1.807) is 0 Å². The van der Waals surface area contributed by atoms with E-state index in [9.17, 15) is 18.0 Å². The number of allylic oxidation sites excluding steroid dienone is 2. The lowest BCUT2D eigenvalue weighted by Crippen LogP contribution is -2.36. The Balaban J connectivity index is 1.50. The Morgan fingerprint density at radius 3 is 2.91 bits per heavy atom. The van der Waals surface area contributed by atoms with Crippen molar-refractivity contribution in [1.29, 1.82) is 0 Å². The van der Waals surface area contributed by atoms with Gasteiger partial charge in [0.2, 0.25) is 0 Å². The van der Waals surface area contributed by atoms with E-state index >= 15 is 0 Å². The molecule has 1 amide bonds. The van der Waals surface area contributed by atoms with Crippen molar-refractivity contribution in [3.05, 3.63) is 42.0 Å². The maximum absolute atomic E-state index is 12.6. The summed E-state index contributed by atoms with van der Waals surface area (Å²) in [5.74, 6) is 0.570. The molecule has 7 heteroatoms. The van der Waals surface area contributed by atoms with Gasteiger partial charge in [-0.3, -0.25) is 4.79 Å². The lowest BCUT2D eigenvalue weighted by Gasteiger charge is -2.31. The van der Waals surface area contributed by atoms with Gasteiger partial charge < -0.3 is 5.32 Å². The highest BCUT2D eigenvalue weighted by Crippen LogP contribution is 2.40. The molecule has 1 saturated carbocycles. The van der Waals surface area contributed by atoms with Crippen LogP contribution in [0.25, 0.3) is 0 Å². The minimum atomic E-state index is -4.40. The van der Waals surface area contributed by atoms with Crippen LogP contribution in [0.4, 0.5) is 18.9 Å². The third-order valence-electron chi connectivity index (χ3n) is 4.11. The molecule has 0 aliphatic heterocycles. The number of nitrogens with zero attached hydrogens (tertiary/aromatic N) is 1. The van der Waals surface area contributed by atoms with Crippen LogP contribution in [0.3, 0.4) is 0 Å². The Bertz CT molecular complexity index is 667. The fourth-order valence-electron chi connectivity index (χ4n) is 2.82. The molecule has 0 unspecified atom stereocenters. The van der Waals surface area contributed by atoms with E-state index in [0.29, 0.717) is 11.8 Å². The number of carbonyl (C=O) groups excluding carboxylic acids is 1. The fraction of sp³-hybridized carbons (Fsp3) is 0.375. The topological polar surface area (TPSA) is 53.5 Å². The van der Waals surface area contributed by atoms with E-state index in [-0.39, 0.29) is 18.1 Å². The van der Waals surface area contributed by atoms with Gasteiger partial charge in [0, 0.05) is 17.3 Å². The van der Waals surface area contributed by atoms with Gasteiger partial charge in [0.05, 0.1) is 12.1 Å². The van der Waals surface area contributed by atoms with E-state index in [1.165, 1.54) is 12.1 Å². The number of hydrazone groups is 1. The third-order valence-corrected chi connectivity index (χ3v) is 4.11. The molecule has 0 radical (unpaired) electrons. The predicted octanol–water partition coefficient (Wildman–Crippen LogP) is 3.19. The van der Waals surface area contributed by atoms with Crippen LogP contribution < -0.4 is 10.7 Å². The molecule has 0 saturated heterocycles. The van der Waals surface area contributed by atoms with Gasteiger partial charge in [0.1, 0.15) is 0 Å². The number of benzene rings is 1. The van der Waals surface area contributed by atoms with Crippen molar-refractivity contribution in [2.75, 3.05) is 11.9 Å². The molecule has 0 bridgehead atoms. The van der Waals surface area contributed by atoms with Gasteiger partial charge in [0.15, 0.2) is 0 Å². The first kappa shape index (κ1) is 15.6. The molecule has 1 aromatic carbocycles. The van der Waals surface area contributed by atoms with E-state index in [4.69, 9.17) is 0 Å². The molecule has 2 N–H and O–H groups in total. The molecule has 2 aliphatic rings. The van der Waals surface area contributed by atoms with Crippen LogP contribution in [-0.2, 0) is 11.0 Å². The zero-order valence-corrected chi connectivity index (χ0v) is 12.2. The Morgan fingerprint density at radius 2 is 2.17 bits per heavy atom. The van der Waals surface area contributed by atoms with Crippen LogP contribution in [0.5, 0.6) is 0 Å². The monoisotopic (exact) mass is 323 g/mol. The summed E-state index contributed by atoms with van der Waals surface area (Å²) in [6.45, 7) is -0.137. The summed E-state index contributed by atoms with van der Waals surface area (Å²) in [6.07, 6.45) is 1.77. The highest BCUT2D eigenvalue weighted by Gasteiger charge is 2.37. The second-order valence-corrected chi connectivity index (χ2v) is 5.72. The molecule has 2 aliphatic carbocycles. The van der Waals surface area contributed by atoms with Crippen molar-refractivity contribution in [1.82, 2.24) is 5.43 Å². The van der Waals surface area contributed by atoms with Crippen LogP contribution in [0.15, 0.2) is 41.5 Å². The van der Waals surface area contributed by atoms with Crippen molar-refractivity contribution in [2.24, 2.45) is 16.9 Å². The normalized spacial score (nSPS) is 24.2. The molecule has 0 heterocycles. The number of anilines is 1. The predicted molar refractivity (Wildman–Crippen MR) is 80.9 cm³/mol. The number of amides is 1. The molecule has 1 fully saturated rings. The maximum Gasteiger partial charge on any atom is 0.416 e. The zero-order valence-electron chi connectivity index (χ0n) is 12.2. The number of nitrogens with one attached hydrogen (secondary N) is 2. The number of halogens is 3. The van der Waals surface area contributed by atoms with Crippen molar-refractivity contribution in [3.8, 4) is 0 Å². The average Bonchev–Trinajstić information content (AvgIpc) is 2.86. The second-order valence-electron chi connectivity index (χ2n) is 5.72. The largest absolute Gasteiger partial charge is 0.416 e. The van der Waals surface area contributed by atoms with Crippen LogP contribution in [0.2, 0.25) is 0 Å². The smallest absolute Gasteiger partial charge is 0.376 e. The van der Waals surface area contributed by atoms with Crippen LogP contribution in [-0.4, -0.2) is 18.2 Å². The fourth-order valence-corrected chi connectivity index (χ4v) is 2.82. The number of rotatable bonds is 4. The third kappa shape index (κ3) is 3.55. The summed E-state index contributed by atoms with van der Waals surface area (Å²) in [7, 11) is 0. The molecule has 23 heavy (non-hydrogen) atoms. The summed E-state index contributed by atoms with van der Waals surface area (Å²) >= 11 is 0. The van der Waals surface area contributed by atoms with Gasteiger partial charge in [0.25, 0.3) is 5.91 Å². The van der Waals surface area contributed by atoms with Crippen molar-refractivity contribution < 1.29 is 18.0 Å². The summed E-state index contributed by atoms with van der Waals surface area (Å²) in [6, 6.07) is 4.73. The van der Waals surface area contributed by atoms with Crippen LogP contribution in [0.1, 0.15) is 18.4 Å². The van der Waals surface area contributed by atoms with Crippen LogP contribution in [0, 0.1) is 11.8 Å². The first-order valence-electron chi connectivity index (χ1n) is 7.36. The molecule has 0 aromatic heterocycles. The number of alkyl halides is 3. The summed E-state index contributed by atoms with van der Waals surface area (Å²) in [5.41, 5.74) is 2.89. The van der Waals surface area contributed by atoms with Gasteiger partial charge >= 0.3 is 6.18 Å². The number of hydrogen-bond acceptors (Lipinski definition) is 3. The van der Waals surface area contributed by atoms with Gasteiger partial charge in [-0.2, -0.15) is 18.3 Å². The lowest BCUT2D eigenvalue weighted by molar-refractivity contribution is -0.137. The minimum Gasteiger partial charge on any atom is -0.376 e. The summed E-state index contributed by atoms with van der Waals surface area (Å²) < 4.78 is 37.8. The summed E-state index contributed by atoms with van der Waals surface area (Å²) in [5, 5.41) is 6.75. The quantitative estimate of drug-likeness (QED) is 0.660. The van der Waals surface area contributed by atoms with Gasteiger partial charge in [-0.05, 0) is 37.0 Å². The highest BCUT2D eigenvalue weighted by molar-refractivity contribution is 5.95. The number of carbonyl (C=O) groups is 1. The van der Waals surface area contributed by atoms with Gasteiger partial charge in [-0.1, -0.05) is 18.2 Å². The molecular weight excluding hydrogens is 307 g/mol. The van der Waals surface area contributed by atoms with Crippen molar-refractivity contribution in [3.63, 3.8) is 0 Å². The number of fused-ring (bicyclic) bond motifs is 1. The molecule has 3 rings (SSSR count). The first-order valence-corrected chi connectivity index (χ1v) is 7.36. The lowest BCUT2D eigenvalue weighted by atomic mass is 9.74. The molecule has 2 atom stereocenters. The van der Waals surface area contributed by atoms with Gasteiger partial charge in [-0.15, -0.1) is 0 Å².